The van der Waals surface area contributed by atoms with Gasteiger partial charge in [-0.2, -0.15) is 0 Å². The van der Waals surface area contributed by atoms with Gasteiger partial charge < -0.3 is 10.1 Å². The first-order chi connectivity index (χ1) is 11.8. The molecule has 2 aromatic carbocycles. The lowest BCUT2D eigenvalue weighted by molar-refractivity contribution is 0.305. The fourth-order valence-electron chi connectivity index (χ4n) is 3.42. The lowest BCUT2D eigenvalue weighted by Gasteiger charge is -2.16. The summed E-state index contributed by atoms with van der Waals surface area (Å²) in [5, 5.41) is 3.73. The maximum absolute atomic E-state index is 6.00. The molecule has 2 nitrogen and oxygen atoms in total. The molecular weight excluding hydrogens is 294 g/mol. The minimum absolute atomic E-state index is 0.631. The van der Waals surface area contributed by atoms with Gasteiger partial charge in [-0.15, -0.1) is 0 Å². The van der Waals surface area contributed by atoms with Crippen molar-refractivity contribution in [1.29, 1.82) is 0 Å². The molecule has 1 saturated carbocycles. The molecular formula is C22H29NO. The largest absolute Gasteiger partial charge is 0.489 e. The second kappa shape index (κ2) is 8.89. The van der Waals surface area contributed by atoms with E-state index < -0.39 is 0 Å². The van der Waals surface area contributed by atoms with E-state index in [1.165, 1.54) is 55.2 Å². The van der Waals surface area contributed by atoms with Crippen LogP contribution in [0.1, 0.15) is 55.2 Å². The minimum Gasteiger partial charge on any atom is -0.489 e. The van der Waals surface area contributed by atoms with Gasteiger partial charge >= 0.3 is 0 Å². The molecule has 0 heterocycles. The third-order valence-electron chi connectivity index (χ3n) is 5.00. The van der Waals surface area contributed by atoms with E-state index in [9.17, 15) is 0 Å². The molecule has 1 aliphatic carbocycles. The van der Waals surface area contributed by atoms with Gasteiger partial charge in [0, 0.05) is 12.6 Å². The molecule has 2 aromatic rings. The smallest absolute Gasteiger partial charge is 0.120 e. The Bertz CT molecular complexity index is 629. The van der Waals surface area contributed by atoms with Crippen molar-refractivity contribution < 1.29 is 4.74 Å². The van der Waals surface area contributed by atoms with Crippen molar-refractivity contribution in [2.24, 2.45) is 0 Å². The normalized spacial score (nSPS) is 15.9. The van der Waals surface area contributed by atoms with Gasteiger partial charge in [-0.1, -0.05) is 62.1 Å². The van der Waals surface area contributed by atoms with Gasteiger partial charge in [-0.05, 0) is 48.6 Å². The van der Waals surface area contributed by atoms with Crippen LogP contribution in [0.25, 0.3) is 0 Å². The second-order valence-corrected chi connectivity index (χ2v) is 6.93. The molecule has 0 atom stereocenters. The molecule has 0 aromatic heterocycles. The van der Waals surface area contributed by atoms with Gasteiger partial charge in [0.15, 0.2) is 0 Å². The zero-order valence-corrected chi connectivity index (χ0v) is 14.8. The number of hydrogen-bond donors (Lipinski definition) is 1. The summed E-state index contributed by atoms with van der Waals surface area (Å²) in [6, 6.07) is 17.6. The standard InChI is InChI=1S/C22H29NO/c1-18-9-6-7-11-20(18)17-24-22-14-8-10-19(15-22)16-23-21-12-4-2-3-5-13-21/h6-11,14-15,21,23H,2-5,12-13,16-17H2,1H3. The van der Waals surface area contributed by atoms with Crippen molar-refractivity contribution >= 4 is 0 Å². The maximum Gasteiger partial charge on any atom is 0.120 e. The zero-order chi connectivity index (χ0) is 16.6. The fourth-order valence-corrected chi connectivity index (χ4v) is 3.42. The SMILES string of the molecule is Cc1ccccc1COc1cccc(CNC2CCCCCC2)c1. The summed E-state index contributed by atoms with van der Waals surface area (Å²) in [7, 11) is 0. The highest BCUT2D eigenvalue weighted by molar-refractivity contribution is 5.30. The van der Waals surface area contributed by atoms with E-state index in [4.69, 9.17) is 4.74 Å². The highest BCUT2D eigenvalue weighted by Crippen LogP contribution is 2.19. The minimum atomic E-state index is 0.631. The van der Waals surface area contributed by atoms with Gasteiger partial charge in [0.1, 0.15) is 12.4 Å². The molecule has 0 unspecified atom stereocenters. The van der Waals surface area contributed by atoms with Crippen molar-refractivity contribution in [2.75, 3.05) is 0 Å². The molecule has 0 bridgehead atoms. The number of rotatable bonds is 6. The van der Waals surface area contributed by atoms with E-state index in [0.29, 0.717) is 12.6 Å². The molecule has 1 N–H and O–H groups in total. The Labute approximate surface area is 146 Å². The van der Waals surface area contributed by atoms with E-state index in [1.54, 1.807) is 0 Å². The molecule has 128 valence electrons. The maximum atomic E-state index is 6.00. The molecule has 0 aliphatic heterocycles. The number of nitrogens with one attached hydrogen (secondary N) is 1. The molecule has 24 heavy (non-hydrogen) atoms. The van der Waals surface area contributed by atoms with Crippen molar-refractivity contribution in [1.82, 2.24) is 5.32 Å². The first kappa shape index (κ1) is 17.0. The summed E-state index contributed by atoms with van der Waals surface area (Å²) >= 11 is 0. The highest BCUT2D eigenvalue weighted by atomic mass is 16.5. The number of ether oxygens (including phenoxy) is 1. The molecule has 0 spiro atoms. The van der Waals surface area contributed by atoms with Gasteiger partial charge in [0.2, 0.25) is 0 Å². The van der Waals surface area contributed by atoms with Gasteiger partial charge in [-0.3, -0.25) is 0 Å². The van der Waals surface area contributed by atoms with Crippen molar-refractivity contribution in [3.63, 3.8) is 0 Å². The van der Waals surface area contributed by atoms with Crippen LogP contribution in [-0.2, 0) is 13.2 Å². The molecule has 3 rings (SSSR count). The summed E-state index contributed by atoms with van der Waals surface area (Å²) in [6.07, 6.45) is 8.20. The molecule has 0 radical (unpaired) electrons. The summed E-state index contributed by atoms with van der Waals surface area (Å²) in [6.45, 7) is 3.70. The van der Waals surface area contributed by atoms with E-state index >= 15 is 0 Å². The molecule has 1 aliphatic rings. The molecule has 1 fully saturated rings. The number of benzene rings is 2. The van der Waals surface area contributed by atoms with Crippen LogP contribution >= 0.6 is 0 Å². The zero-order valence-electron chi connectivity index (χ0n) is 14.8. The Balaban J connectivity index is 1.53. The molecule has 0 saturated heterocycles. The average molecular weight is 323 g/mol. The first-order valence-corrected chi connectivity index (χ1v) is 9.31. The van der Waals surface area contributed by atoms with Crippen LogP contribution in [0.3, 0.4) is 0 Å². The topological polar surface area (TPSA) is 21.3 Å². The van der Waals surface area contributed by atoms with Gasteiger partial charge in [0.25, 0.3) is 0 Å². The predicted octanol–water partition coefficient (Wildman–Crippen LogP) is 5.39. The summed E-state index contributed by atoms with van der Waals surface area (Å²) in [5.74, 6) is 0.957. The fraction of sp³-hybridized carbons (Fsp3) is 0.455. The average Bonchev–Trinajstić information content (AvgIpc) is 2.88. The monoisotopic (exact) mass is 323 g/mol. The van der Waals surface area contributed by atoms with Crippen LogP contribution in [-0.4, -0.2) is 6.04 Å². The van der Waals surface area contributed by atoms with E-state index in [1.807, 2.05) is 6.07 Å². The number of hydrogen-bond acceptors (Lipinski definition) is 2. The Hall–Kier alpha value is -1.80. The Morgan fingerprint density at radius 3 is 2.54 bits per heavy atom. The quantitative estimate of drug-likeness (QED) is 0.720. The summed E-state index contributed by atoms with van der Waals surface area (Å²) in [5.41, 5.74) is 3.84. The van der Waals surface area contributed by atoms with Crippen LogP contribution in [0, 0.1) is 6.92 Å². The third-order valence-corrected chi connectivity index (χ3v) is 5.00. The Morgan fingerprint density at radius 2 is 1.75 bits per heavy atom. The van der Waals surface area contributed by atoms with Crippen molar-refractivity contribution in [3.8, 4) is 5.75 Å². The van der Waals surface area contributed by atoms with Crippen molar-refractivity contribution in [3.05, 3.63) is 65.2 Å². The van der Waals surface area contributed by atoms with Gasteiger partial charge in [0.05, 0.1) is 0 Å². The number of aryl methyl sites for hydroxylation is 1. The lowest BCUT2D eigenvalue weighted by Crippen LogP contribution is -2.27. The second-order valence-electron chi connectivity index (χ2n) is 6.93. The van der Waals surface area contributed by atoms with E-state index in [0.717, 1.165) is 12.3 Å². The van der Waals surface area contributed by atoms with Crippen LogP contribution < -0.4 is 10.1 Å². The highest BCUT2D eigenvalue weighted by Gasteiger charge is 2.11. The predicted molar refractivity (Wildman–Crippen MR) is 100 cm³/mol. The summed E-state index contributed by atoms with van der Waals surface area (Å²) < 4.78 is 6.00. The lowest BCUT2D eigenvalue weighted by atomic mass is 10.1. The van der Waals surface area contributed by atoms with Gasteiger partial charge in [-0.25, -0.2) is 0 Å². The Kier molecular flexibility index (Phi) is 6.31. The van der Waals surface area contributed by atoms with Crippen LogP contribution in [0.4, 0.5) is 0 Å². The van der Waals surface area contributed by atoms with E-state index in [-0.39, 0.29) is 0 Å². The molecule has 0 amide bonds. The summed E-state index contributed by atoms with van der Waals surface area (Å²) in [4.78, 5) is 0. The van der Waals surface area contributed by atoms with Crippen LogP contribution in [0.2, 0.25) is 0 Å². The van der Waals surface area contributed by atoms with E-state index in [2.05, 4.69) is 54.7 Å². The molecule has 2 heteroatoms. The first-order valence-electron chi connectivity index (χ1n) is 9.31. The van der Waals surface area contributed by atoms with Crippen LogP contribution in [0.5, 0.6) is 5.75 Å². The van der Waals surface area contributed by atoms with Crippen molar-refractivity contribution in [2.45, 2.75) is 64.6 Å². The third kappa shape index (κ3) is 5.10. The van der Waals surface area contributed by atoms with Crippen LogP contribution in [0.15, 0.2) is 48.5 Å². The Morgan fingerprint density at radius 1 is 0.958 bits per heavy atom.